The van der Waals surface area contributed by atoms with Crippen molar-refractivity contribution in [3.05, 3.63) is 30.2 Å². The van der Waals surface area contributed by atoms with Crippen LogP contribution < -0.4 is 5.73 Å². The first-order valence-corrected chi connectivity index (χ1v) is 4.39. The van der Waals surface area contributed by atoms with E-state index in [1.165, 1.54) is 0 Å². The van der Waals surface area contributed by atoms with Gasteiger partial charge in [0.25, 0.3) is 0 Å². The van der Waals surface area contributed by atoms with E-state index in [9.17, 15) is 0 Å². The molecule has 0 amide bonds. The van der Waals surface area contributed by atoms with Crippen LogP contribution in [0.3, 0.4) is 0 Å². The Balaban J connectivity index is 2.55. The van der Waals surface area contributed by atoms with E-state index in [0.29, 0.717) is 11.5 Å². The second-order valence-corrected chi connectivity index (χ2v) is 3.56. The van der Waals surface area contributed by atoms with Crippen LogP contribution in [0, 0.1) is 0 Å². The minimum atomic E-state index is -0.918. The third-order valence-corrected chi connectivity index (χ3v) is 2.11. The Bertz CT molecular complexity index is 415. The molecule has 14 heavy (non-hydrogen) atoms. The Labute approximate surface area is 81.4 Å². The normalized spacial score (nSPS) is 15.6. The lowest BCUT2D eigenvalue weighted by atomic mass is 10.1. The third kappa shape index (κ3) is 1.38. The number of hydrogen-bond acceptors (Lipinski definition) is 4. The largest absolute Gasteiger partial charge is 0.439 e. The maximum absolute atomic E-state index is 9.05. The van der Waals surface area contributed by atoms with E-state index >= 15 is 0 Å². The minimum Gasteiger partial charge on any atom is -0.439 e. The fourth-order valence-electron chi connectivity index (χ4n) is 1.18. The van der Waals surface area contributed by atoms with Crippen LogP contribution in [-0.2, 0) is 5.54 Å². The highest BCUT2D eigenvalue weighted by Crippen LogP contribution is 2.21. The van der Waals surface area contributed by atoms with E-state index < -0.39 is 5.54 Å². The van der Waals surface area contributed by atoms with Gasteiger partial charge in [0.15, 0.2) is 5.58 Å². The standard InChI is InChI=1S/C10H12N2O2/c1-10(11,6-13)9-12-7-4-2-3-5-8(7)14-9/h2-5,13H,6,11H2,1H3. The maximum atomic E-state index is 9.05. The highest BCUT2D eigenvalue weighted by molar-refractivity contribution is 5.72. The molecule has 74 valence electrons. The number of fused-ring (bicyclic) bond motifs is 1. The number of hydrogen-bond donors (Lipinski definition) is 2. The fraction of sp³-hybridized carbons (Fsp3) is 0.300. The van der Waals surface area contributed by atoms with Crippen molar-refractivity contribution in [2.75, 3.05) is 6.61 Å². The van der Waals surface area contributed by atoms with Gasteiger partial charge >= 0.3 is 0 Å². The van der Waals surface area contributed by atoms with E-state index in [4.69, 9.17) is 15.3 Å². The second-order valence-electron chi connectivity index (χ2n) is 3.56. The summed E-state index contributed by atoms with van der Waals surface area (Å²) in [7, 11) is 0. The lowest BCUT2D eigenvalue weighted by molar-refractivity contribution is 0.185. The molecule has 3 N–H and O–H groups in total. The predicted octanol–water partition coefficient (Wildman–Crippen LogP) is 0.994. The van der Waals surface area contributed by atoms with Crippen molar-refractivity contribution in [1.82, 2.24) is 4.98 Å². The molecular formula is C10H12N2O2. The van der Waals surface area contributed by atoms with E-state index in [0.717, 1.165) is 5.52 Å². The number of para-hydroxylation sites is 2. The Kier molecular flexibility index (Phi) is 2.02. The molecule has 1 atom stereocenters. The average Bonchev–Trinajstić information content (AvgIpc) is 2.61. The Hall–Kier alpha value is -1.39. The van der Waals surface area contributed by atoms with Gasteiger partial charge in [-0.3, -0.25) is 0 Å². The number of rotatable bonds is 2. The van der Waals surface area contributed by atoms with Gasteiger partial charge in [-0.2, -0.15) is 0 Å². The molecule has 2 rings (SSSR count). The van der Waals surface area contributed by atoms with Crippen molar-refractivity contribution < 1.29 is 9.52 Å². The molecule has 1 unspecified atom stereocenters. The molecule has 4 nitrogen and oxygen atoms in total. The smallest absolute Gasteiger partial charge is 0.217 e. The summed E-state index contributed by atoms with van der Waals surface area (Å²) in [4.78, 5) is 4.20. The Morgan fingerprint density at radius 3 is 2.86 bits per heavy atom. The van der Waals surface area contributed by atoms with Crippen molar-refractivity contribution in [2.24, 2.45) is 5.73 Å². The molecule has 0 radical (unpaired) electrons. The highest BCUT2D eigenvalue weighted by atomic mass is 16.4. The summed E-state index contributed by atoms with van der Waals surface area (Å²) < 4.78 is 5.43. The number of nitrogens with zero attached hydrogens (tertiary/aromatic N) is 1. The van der Waals surface area contributed by atoms with Crippen molar-refractivity contribution in [2.45, 2.75) is 12.5 Å². The second kappa shape index (κ2) is 3.08. The van der Waals surface area contributed by atoms with E-state index in [-0.39, 0.29) is 6.61 Å². The first-order valence-electron chi connectivity index (χ1n) is 4.39. The van der Waals surface area contributed by atoms with Crippen LogP contribution in [0.5, 0.6) is 0 Å². The molecule has 0 fully saturated rings. The van der Waals surface area contributed by atoms with Crippen LogP contribution in [0.15, 0.2) is 28.7 Å². The lowest BCUT2D eigenvalue weighted by Crippen LogP contribution is -2.37. The number of aromatic nitrogens is 1. The van der Waals surface area contributed by atoms with Crippen LogP contribution in [-0.4, -0.2) is 16.7 Å². The molecule has 1 aromatic heterocycles. The predicted molar refractivity (Wildman–Crippen MR) is 52.6 cm³/mol. The van der Waals surface area contributed by atoms with Crippen molar-refractivity contribution in [3.8, 4) is 0 Å². The van der Waals surface area contributed by atoms with Gasteiger partial charge in [-0.05, 0) is 19.1 Å². The van der Waals surface area contributed by atoms with Gasteiger partial charge in [0, 0.05) is 0 Å². The van der Waals surface area contributed by atoms with Gasteiger partial charge < -0.3 is 15.3 Å². The van der Waals surface area contributed by atoms with Crippen LogP contribution >= 0.6 is 0 Å². The number of aliphatic hydroxyl groups is 1. The van der Waals surface area contributed by atoms with Crippen LogP contribution in [0.4, 0.5) is 0 Å². The summed E-state index contributed by atoms with van der Waals surface area (Å²) >= 11 is 0. The van der Waals surface area contributed by atoms with Crippen LogP contribution in [0.25, 0.3) is 11.1 Å². The monoisotopic (exact) mass is 192 g/mol. The van der Waals surface area contributed by atoms with Gasteiger partial charge in [0.1, 0.15) is 11.1 Å². The molecule has 0 saturated heterocycles. The molecule has 0 spiro atoms. The van der Waals surface area contributed by atoms with Crippen molar-refractivity contribution in [3.63, 3.8) is 0 Å². The molecule has 2 aromatic rings. The molecule has 0 aliphatic rings. The minimum absolute atomic E-state index is 0.195. The molecule has 0 aliphatic heterocycles. The first-order chi connectivity index (χ1) is 6.63. The summed E-state index contributed by atoms with van der Waals surface area (Å²) in [5, 5.41) is 9.05. The fourth-order valence-corrected chi connectivity index (χ4v) is 1.18. The molecule has 0 bridgehead atoms. The Morgan fingerprint density at radius 1 is 1.50 bits per heavy atom. The van der Waals surface area contributed by atoms with E-state index in [1.807, 2.05) is 24.3 Å². The highest BCUT2D eigenvalue weighted by Gasteiger charge is 2.26. The summed E-state index contributed by atoms with van der Waals surface area (Å²) in [6, 6.07) is 7.40. The SMILES string of the molecule is CC(N)(CO)c1nc2ccccc2o1. The molecule has 1 heterocycles. The topological polar surface area (TPSA) is 72.3 Å². The average molecular weight is 192 g/mol. The van der Waals surface area contributed by atoms with Gasteiger partial charge in [-0.15, -0.1) is 0 Å². The molecular weight excluding hydrogens is 180 g/mol. The zero-order chi connectivity index (χ0) is 10.2. The van der Waals surface area contributed by atoms with Crippen molar-refractivity contribution >= 4 is 11.1 Å². The number of aliphatic hydroxyl groups excluding tert-OH is 1. The van der Waals surface area contributed by atoms with Gasteiger partial charge in [0.2, 0.25) is 5.89 Å². The molecule has 1 aromatic carbocycles. The lowest BCUT2D eigenvalue weighted by Gasteiger charge is -2.16. The zero-order valence-corrected chi connectivity index (χ0v) is 7.90. The quantitative estimate of drug-likeness (QED) is 0.744. The summed E-state index contributed by atoms with van der Waals surface area (Å²) in [6.07, 6.45) is 0. The van der Waals surface area contributed by atoms with Crippen LogP contribution in [0.2, 0.25) is 0 Å². The third-order valence-electron chi connectivity index (χ3n) is 2.11. The number of benzene rings is 1. The van der Waals surface area contributed by atoms with E-state index in [2.05, 4.69) is 4.98 Å². The Morgan fingerprint density at radius 2 is 2.21 bits per heavy atom. The van der Waals surface area contributed by atoms with E-state index in [1.54, 1.807) is 6.92 Å². The van der Waals surface area contributed by atoms with Crippen molar-refractivity contribution in [1.29, 1.82) is 0 Å². The molecule has 4 heteroatoms. The van der Waals surface area contributed by atoms with Gasteiger partial charge in [-0.25, -0.2) is 4.98 Å². The number of oxazole rings is 1. The van der Waals surface area contributed by atoms with Gasteiger partial charge in [0.05, 0.1) is 6.61 Å². The van der Waals surface area contributed by atoms with Gasteiger partial charge in [-0.1, -0.05) is 12.1 Å². The molecule has 0 aliphatic carbocycles. The zero-order valence-electron chi connectivity index (χ0n) is 7.90. The number of nitrogens with two attached hydrogens (primary N) is 1. The summed E-state index contributed by atoms with van der Waals surface area (Å²) in [5.41, 5.74) is 6.32. The first kappa shape index (κ1) is 9.18. The van der Waals surface area contributed by atoms with Crippen LogP contribution in [0.1, 0.15) is 12.8 Å². The molecule has 0 saturated carbocycles. The summed E-state index contributed by atoms with van der Waals surface area (Å²) in [5.74, 6) is 0.362. The summed E-state index contributed by atoms with van der Waals surface area (Å²) in [6.45, 7) is 1.48. The maximum Gasteiger partial charge on any atom is 0.217 e.